The van der Waals surface area contributed by atoms with Crippen LogP contribution in [0.5, 0.6) is 0 Å². The summed E-state index contributed by atoms with van der Waals surface area (Å²) in [6.07, 6.45) is 2.53. The lowest BCUT2D eigenvalue weighted by Crippen LogP contribution is -2.07. The topological polar surface area (TPSA) is 34.9 Å². The van der Waals surface area contributed by atoms with Gasteiger partial charge in [-0.2, -0.15) is 0 Å². The number of nitrogens with zero attached hydrogens (tertiary/aromatic N) is 2. The fraction of sp³-hybridized carbons (Fsp3) is 0.462. The molecule has 0 aliphatic rings. The average Bonchev–Trinajstić information content (AvgIpc) is 2.69. The zero-order valence-electron chi connectivity index (χ0n) is 10.9. The second kappa shape index (κ2) is 6.25. The van der Waals surface area contributed by atoms with E-state index in [1.54, 1.807) is 6.26 Å². The van der Waals surface area contributed by atoms with Crippen molar-refractivity contribution in [1.29, 1.82) is 0 Å². The Labute approximate surface area is 125 Å². The molecule has 104 valence electrons. The minimum Gasteiger partial charge on any atom is -0.325 e. The first-order valence-electron chi connectivity index (χ1n) is 6.09. The molecular weight excluding hydrogens is 303 g/mol. The molecular formula is C13H16Cl2N2OS. The summed E-state index contributed by atoms with van der Waals surface area (Å²) in [6.45, 7) is 2.62. The monoisotopic (exact) mass is 318 g/mol. The van der Waals surface area contributed by atoms with Gasteiger partial charge in [-0.05, 0) is 25.5 Å². The standard InChI is InChI=1S/C13H16Cl2N2OS/c1-9(14)13-16-11-6-3-5-10(15)12(11)17(13)7-4-8-19(2)18/h3,5-6,9H,4,7-8H2,1-2H3. The number of benzene rings is 1. The first-order chi connectivity index (χ1) is 9.00. The Morgan fingerprint density at radius 3 is 2.84 bits per heavy atom. The van der Waals surface area contributed by atoms with Crippen molar-refractivity contribution in [1.82, 2.24) is 9.55 Å². The van der Waals surface area contributed by atoms with Gasteiger partial charge in [-0.25, -0.2) is 4.98 Å². The Morgan fingerprint density at radius 1 is 1.47 bits per heavy atom. The van der Waals surface area contributed by atoms with Gasteiger partial charge in [0.05, 0.1) is 21.4 Å². The van der Waals surface area contributed by atoms with Crippen LogP contribution in [0.25, 0.3) is 11.0 Å². The van der Waals surface area contributed by atoms with Crippen molar-refractivity contribution in [3.05, 3.63) is 29.0 Å². The molecule has 0 aliphatic carbocycles. The van der Waals surface area contributed by atoms with Gasteiger partial charge in [0.2, 0.25) is 0 Å². The molecule has 0 radical (unpaired) electrons. The summed E-state index contributed by atoms with van der Waals surface area (Å²) in [7, 11) is -0.783. The molecule has 0 bridgehead atoms. The van der Waals surface area contributed by atoms with Crippen LogP contribution in [-0.4, -0.2) is 25.8 Å². The maximum Gasteiger partial charge on any atom is 0.127 e. The normalized spacial score (nSPS) is 14.7. The van der Waals surface area contributed by atoms with Gasteiger partial charge in [0.25, 0.3) is 0 Å². The highest BCUT2D eigenvalue weighted by Crippen LogP contribution is 2.29. The molecule has 0 amide bonds. The van der Waals surface area contributed by atoms with Gasteiger partial charge in [0.15, 0.2) is 0 Å². The third-order valence-corrected chi connectivity index (χ3v) is 4.28. The molecule has 0 spiro atoms. The quantitative estimate of drug-likeness (QED) is 0.787. The third kappa shape index (κ3) is 3.30. The highest BCUT2D eigenvalue weighted by Gasteiger charge is 2.16. The molecule has 1 aromatic carbocycles. The van der Waals surface area contributed by atoms with E-state index in [2.05, 4.69) is 4.98 Å². The summed E-state index contributed by atoms with van der Waals surface area (Å²) < 4.78 is 13.2. The molecule has 1 heterocycles. The largest absolute Gasteiger partial charge is 0.325 e. The molecule has 2 unspecified atom stereocenters. The van der Waals surface area contributed by atoms with E-state index < -0.39 is 10.8 Å². The van der Waals surface area contributed by atoms with Crippen LogP contribution < -0.4 is 0 Å². The Morgan fingerprint density at radius 2 is 2.21 bits per heavy atom. The fourth-order valence-electron chi connectivity index (χ4n) is 2.12. The lowest BCUT2D eigenvalue weighted by molar-refractivity contribution is 0.646. The Kier molecular flexibility index (Phi) is 4.87. The SMILES string of the molecule is CC(Cl)c1nc2cccc(Cl)c2n1CCCS(C)=O. The van der Waals surface area contributed by atoms with Crippen LogP contribution in [0.4, 0.5) is 0 Å². The molecule has 2 rings (SSSR count). The zero-order chi connectivity index (χ0) is 14.0. The molecule has 2 aromatic rings. The number of aromatic nitrogens is 2. The van der Waals surface area contributed by atoms with Gasteiger partial charge in [0.1, 0.15) is 5.82 Å². The molecule has 1 aromatic heterocycles. The smallest absolute Gasteiger partial charge is 0.127 e. The molecule has 0 saturated carbocycles. The van der Waals surface area contributed by atoms with E-state index in [1.165, 1.54) is 0 Å². The minimum absolute atomic E-state index is 0.185. The van der Waals surface area contributed by atoms with Crippen molar-refractivity contribution in [2.75, 3.05) is 12.0 Å². The van der Waals surface area contributed by atoms with Gasteiger partial charge in [0, 0.05) is 29.4 Å². The van der Waals surface area contributed by atoms with Crippen molar-refractivity contribution < 1.29 is 4.21 Å². The maximum absolute atomic E-state index is 11.2. The molecule has 19 heavy (non-hydrogen) atoms. The van der Waals surface area contributed by atoms with Gasteiger partial charge in [-0.3, -0.25) is 4.21 Å². The fourth-order valence-corrected chi connectivity index (χ4v) is 3.09. The second-order valence-electron chi connectivity index (χ2n) is 4.48. The lowest BCUT2D eigenvalue weighted by Gasteiger charge is -2.10. The number of hydrogen-bond acceptors (Lipinski definition) is 2. The summed E-state index contributed by atoms with van der Waals surface area (Å²) >= 11 is 12.4. The summed E-state index contributed by atoms with van der Waals surface area (Å²) in [5, 5.41) is 0.488. The molecule has 3 nitrogen and oxygen atoms in total. The number of aryl methyl sites for hydroxylation is 1. The number of fused-ring (bicyclic) bond motifs is 1. The van der Waals surface area contributed by atoms with Crippen LogP contribution in [-0.2, 0) is 17.3 Å². The van der Waals surface area contributed by atoms with Gasteiger partial charge < -0.3 is 4.57 Å². The molecule has 0 N–H and O–H groups in total. The number of halogens is 2. The van der Waals surface area contributed by atoms with Crippen LogP contribution in [0.15, 0.2) is 18.2 Å². The van der Waals surface area contributed by atoms with Crippen LogP contribution in [0.3, 0.4) is 0 Å². The van der Waals surface area contributed by atoms with Crippen LogP contribution in [0.1, 0.15) is 24.5 Å². The summed E-state index contributed by atoms with van der Waals surface area (Å²) in [5.41, 5.74) is 1.76. The van der Waals surface area contributed by atoms with E-state index in [9.17, 15) is 4.21 Å². The van der Waals surface area contributed by atoms with E-state index in [0.29, 0.717) is 10.8 Å². The average molecular weight is 319 g/mol. The Hall–Kier alpha value is -0.580. The van der Waals surface area contributed by atoms with E-state index in [0.717, 1.165) is 29.8 Å². The zero-order valence-corrected chi connectivity index (χ0v) is 13.2. The second-order valence-corrected chi connectivity index (χ2v) is 7.09. The van der Waals surface area contributed by atoms with E-state index >= 15 is 0 Å². The van der Waals surface area contributed by atoms with Crippen LogP contribution in [0.2, 0.25) is 5.02 Å². The predicted octanol–water partition coefficient (Wildman–Crippen LogP) is 3.76. The number of alkyl halides is 1. The first-order valence-corrected chi connectivity index (χ1v) is 8.63. The summed E-state index contributed by atoms with van der Waals surface area (Å²) in [4.78, 5) is 4.54. The maximum atomic E-state index is 11.2. The first kappa shape index (κ1) is 14.8. The van der Waals surface area contributed by atoms with Crippen LogP contribution in [0, 0.1) is 0 Å². The minimum atomic E-state index is -0.783. The number of rotatable bonds is 5. The van der Waals surface area contributed by atoms with Crippen molar-refractivity contribution in [2.45, 2.75) is 25.3 Å². The van der Waals surface area contributed by atoms with Crippen molar-refractivity contribution in [3.8, 4) is 0 Å². The van der Waals surface area contributed by atoms with Crippen molar-refractivity contribution >= 4 is 45.0 Å². The Balaban J connectivity index is 2.42. The third-order valence-electron chi connectivity index (χ3n) is 2.92. The molecule has 0 saturated heterocycles. The summed E-state index contributed by atoms with van der Waals surface area (Å²) in [5.74, 6) is 1.48. The van der Waals surface area contributed by atoms with Crippen molar-refractivity contribution in [2.24, 2.45) is 0 Å². The van der Waals surface area contributed by atoms with Crippen LogP contribution >= 0.6 is 23.2 Å². The predicted molar refractivity (Wildman–Crippen MR) is 82.6 cm³/mol. The molecule has 0 fully saturated rings. The Bertz CT molecular complexity index is 610. The highest BCUT2D eigenvalue weighted by atomic mass is 35.5. The van der Waals surface area contributed by atoms with E-state index in [4.69, 9.17) is 23.2 Å². The van der Waals surface area contributed by atoms with Gasteiger partial charge >= 0.3 is 0 Å². The number of hydrogen-bond donors (Lipinski definition) is 0. The van der Waals surface area contributed by atoms with Gasteiger partial charge in [-0.15, -0.1) is 11.6 Å². The molecule has 0 aliphatic heterocycles. The highest BCUT2D eigenvalue weighted by molar-refractivity contribution is 7.84. The number of para-hydroxylation sites is 1. The van der Waals surface area contributed by atoms with Gasteiger partial charge in [-0.1, -0.05) is 17.7 Å². The van der Waals surface area contributed by atoms with E-state index in [-0.39, 0.29) is 5.38 Å². The molecule has 6 heteroatoms. The van der Waals surface area contributed by atoms with Crippen molar-refractivity contribution in [3.63, 3.8) is 0 Å². The number of imidazole rings is 1. The summed E-state index contributed by atoms with van der Waals surface area (Å²) in [6, 6.07) is 5.66. The molecule has 2 atom stereocenters. The lowest BCUT2D eigenvalue weighted by atomic mass is 10.3. The van der Waals surface area contributed by atoms with E-state index in [1.807, 2.05) is 29.7 Å².